The Kier molecular flexibility index (Phi) is 27.8. The molecule has 0 N–H and O–H groups in total. The summed E-state index contributed by atoms with van der Waals surface area (Å²) in [6.45, 7) is 30.6. The molecule has 107 heavy (non-hydrogen) atoms. The first-order valence-corrected chi connectivity index (χ1v) is 44.7. The molecule has 11 aromatic carbocycles. The van der Waals surface area contributed by atoms with Gasteiger partial charge < -0.3 is 19.6 Å². The van der Waals surface area contributed by atoms with Gasteiger partial charge in [0, 0.05) is 85.7 Å². The van der Waals surface area contributed by atoms with Gasteiger partial charge in [-0.3, -0.25) is 0 Å². The van der Waals surface area contributed by atoms with Crippen LogP contribution in [0.3, 0.4) is 0 Å². The molecule has 11 aromatic rings. The molecule has 1 aliphatic rings. The monoisotopic (exact) mass is 1570 g/mol. The van der Waals surface area contributed by atoms with Crippen molar-refractivity contribution in [2.75, 3.05) is 73.0 Å². The molecule has 1 saturated heterocycles. The zero-order valence-electron chi connectivity index (χ0n) is 64.2. The Morgan fingerprint density at radius 2 is 0.645 bits per heavy atom. The number of hydrogen-bond acceptors (Lipinski definition) is 7. The van der Waals surface area contributed by atoms with Gasteiger partial charge in [-0.2, -0.15) is 6.67 Å². The van der Waals surface area contributed by atoms with Crippen molar-refractivity contribution in [3.8, 4) is 5.75 Å². The van der Waals surface area contributed by atoms with E-state index in [4.69, 9.17) is 24.1 Å². The van der Waals surface area contributed by atoms with Crippen LogP contribution >= 0.6 is 19.4 Å². The Hall–Kier alpha value is -8.60. The van der Waals surface area contributed by atoms with Crippen LogP contribution in [-0.4, -0.2) is 76.8 Å². The molecule has 0 aliphatic carbocycles. The summed E-state index contributed by atoms with van der Waals surface area (Å²) in [5.41, 5.74) is 21.1. The molecule has 0 unspecified atom stereocenters. The van der Waals surface area contributed by atoms with Crippen molar-refractivity contribution in [2.24, 2.45) is 23.7 Å². The molecular weight excluding hydrogens is 1460 g/mol. The Labute approximate surface area is 653 Å². The van der Waals surface area contributed by atoms with Gasteiger partial charge in [-0.1, -0.05) is 298 Å². The van der Waals surface area contributed by atoms with Crippen LogP contribution in [-0.2, 0) is 23.5 Å². The van der Waals surface area contributed by atoms with Gasteiger partial charge in [0.05, 0.1) is 0 Å². The van der Waals surface area contributed by atoms with Gasteiger partial charge in [0.2, 0.25) is 0 Å². The van der Waals surface area contributed by atoms with Crippen LogP contribution in [0, 0.1) is 30.3 Å². The first-order chi connectivity index (χ1) is 51.6. The molecule has 12 heteroatoms. The van der Waals surface area contributed by atoms with Gasteiger partial charge in [-0.15, -0.1) is 0 Å². The van der Waals surface area contributed by atoms with Gasteiger partial charge in [-0.05, 0) is 115 Å². The minimum atomic E-state index is -3.49. The third-order valence-electron chi connectivity index (χ3n) is 19.4. The van der Waals surface area contributed by atoms with E-state index < -0.39 is 23.5 Å². The second-order valence-electron chi connectivity index (χ2n) is 30.3. The zero-order chi connectivity index (χ0) is 75.7. The standard InChI is InChI=1S/C83H89N4.C12H17NO3S.2ClH.Ru/c1-60(2)55-86(56-61(3)4)72-51-74(78(64-33-17-9-18-34-64)65-35-19-10-20-36-65)82(75(52-72)79(66-37-21-11-22-38-66)67-39-23-12-24-40-67)84-49-50-85(59-84)83-76(80(68-41-25-13-26-42-68)69-43-27-14-28-44-69)53-73(87(57-62(5)6)58-63(7)8)54-77(83)81(70-45-29-15-30-46-70)71-47-31-16-32-48-71;1-9(2)16-12-7-6-11(8-10(12)3)17(14,15)13(4)5;;;/h9-48,51-54,59-63,78-81H,49-50,55-58H2,1-8H3;3,6-9H,1-2,4-5H3;2*1H;/q-1;;;;+2/p-2. The van der Waals surface area contributed by atoms with E-state index in [9.17, 15) is 8.42 Å². The van der Waals surface area contributed by atoms with E-state index in [2.05, 4.69) is 349 Å². The van der Waals surface area contributed by atoms with Crippen LogP contribution in [0.5, 0.6) is 5.75 Å². The summed E-state index contributed by atoms with van der Waals surface area (Å²) in [6, 6.07) is 106. The van der Waals surface area contributed by atoms with Crippen LogP contribution in [0.15, 0.2) is 290 Å². The van der Waals surface area contributed by atoms with Crippen molar-refractivity contribution in [3.63, 3.8) is 0 Å². The first kappa shape index (κ1) is 79.4. The summed E-state index contributed by atoms with van der Waals surface area (Å²) in [5, 5.41) is 0. The molecule has 0 amide bonds. The van der Waals surface area contributed by atoms with Crippen LogP contribution in [0.1, 0.15) is 165 Å². The van der Waals surface area contributed by atoms with Gasteiger partial charge in [0.15, 0.2) is 0 Å². The van der Waals surface area contributed by atoms with Gasteiger partial charge in [0.1, 0.15) is 0 Å². The summed E-state index contributed by atoms with van der Waals surface area (Å²) in [4.78, 5) is 10.9. The van der Waals surface area contributed by atoms with Gasteiger partial charge in [-0.25, -0.2) is 0 Å². The van der Waals surface area contributed by atoms with Crippen molar-refractivity contribution in [3.05, 3.63) is 364 Å². The molecule has 0 spiro atoms. The molecule has 0 atom stereocenters. The van der Waals surface area contributed by atoms with Crippen molar-refractivity contribution < 1.29 is 26.7 Å². The molecule has 1 heterocycles. The number of nitrogens with zero attached hydrogens (tertiary/aromatic N) is 5. The number of anilines is 4. The number of benzene rings is 11. The Morgan fingerprint density at radius 1 is 0.393 bits per heavy atom. The Bertz CT molecular complexity index is 4110. The maximum atomic E-state index is 12.1. The zero-order valence-corrected chi connectivity index (χ0v) is 68.3. The Balaban J connectivity index is 0.000000495. The van der Waals surface area contributed by atoms with Crippen LogP contribution in [0.4, 0.5) is 22.7 Å². The Morgan fingerprint density at radius 3 is 0.860 bits per heavy atom. The van der Waals surface area contributed by atoms with Crippen molar-refractivity contribution in [1.29, 1.82) is 0 Å². The van der Waals surface area contributed by atoms with E-state index in [0.717, 1.165) is 43.6 Å². The normalized spacial score (nSPS) is 12.7. The van der Waals surface area contributed by atoms with E-state index >= 15 is 0 Å². The molecule has 0 saturated carbocycles. The predicted octanol–water partition coefficient (Wildman–Crippen LogP) is 22.9. The summed E-state index contributed by atoms with van der Waals surface area (Å²) in [6.07, 6.45) is -0.0234. The predicted molar refractivity (Wildman–Crippen MR) is 451 cm³/mol. The molecule has 558 valence electrons. The van der Waals surface area contributed by atoms with Crippen LogP contribution in [0.25, 0.3) is 0 Å². The van der Waals surface area contributed by atoms with E-state index in [-0.39, 0.29) is 34.7 Å². The number of hydrogen-bond donors (Lipinski definition) is 0. The molecule has 0 aromatic heterocycles. The fraction of sp³-hybridized carbons (Fsp3) is 0.284. The van der Waals surface area contributed by atoms with E-state index in [1.807, 2.05) is 13.8 Å². The summed E-state index contributed by atoms with van der Waals surface area (Å²) in [7, 11) is 11.3. The fourth-order valence-corrected chi connectivity index (χ4v) is 17.9. The third-order valence-corrected chi connectivity index (χ3v) is 23.1. The second kappa shape index (κ2) is 37.5. The molecule has 1 fully saturated rings. The quantitative estimate of drug-likeness (QED) is 0.0263. The topological polar surface area (TPSA) is 59.6 Å². The molecule has 0 radical (unpaired) electrons. The molecule has 12 rings (SSSR count). The SMILES string of the molecule is CC(C)CN(CC(C)C)c1cc(C(c2ccccc2)c2ccccc2)c(N2[CH-]N(c3c(C(c4ccccc4)c4ccccc4)cc(N(CC(C)C)CC(C)C)cc3C(c3ccccc3)c3ccccc3)CC2)c(C(c2ccccc2)c2ccccc2)c1.CC(C)Oc1ccc(S(=O)(=O)N(C)C)cc1[CH]=[Ru]([Cl])[Cl]. The van der Waals surface area contributed by atoms with Crippen molar-refractivity contribution >= 4 is 56.8 Å². The van der Waals surface area contributed by atoms with Crippen molar-refractivity contribution in [1.82, 2.24) is 4.31 Å². The average Bonchev–Trinajstić information content (AvgIpc) is 1.73. The molecular formula is C95H106Cl2N5O3RuS-. The van der Waals surface area contributed by atoms with E-state index in [1.165, 1.54) is 110 Å². The van der Waals surface area contributed by atoms with Gasteiger partial charge in [0.25, 0.3) is 0 Å². The second-order valence-corrected chi connectivity index (χ2v) is 38.2. The molecule has 8 nitrogen and oxygen atoms in total. The number of rotatable bonds is 29. The summed E-state index contributed by atoms with van der Waals surface area (Å²) < 4.78 is 32.7. The van der Waals surface area contributed by atoms with Gasteiger partial charge >= 0.3 is 133 Å². The molecule has 0 bridgehead atoms. The van der Waals surface area contributed by atoms with Crippen molar-refractivity contribution in [2.45, 2.75) is 104 Å². The van der Waals surface area contributed by atoms with E-state index in [0.29, 0.717) is 35.0 Å². The number of ether oxygens (including phenoxy) is 1. The van der Waals surface area contributed by atoms with E-state index in [1.54, 1.807) is 16.7 Å². The first-order valence-electron chi connectivity index (χ1n) is 37.8. The number of sulfonamides is 1. The third kappa shape index (κ3) is 20.2. The summed E-state index contributed by atoms with van der Waals surface area (Å²) >= 11 is -2.08. The fourth-order valence-electron chi connectivity index (χ4n) is 15.2. The molecule has 1 aliphatic heterocycles. The minimum absolute atomic E-state index is 0.0234. The summed E-state index contributed by atoms with van der Waals surface area (Å²) in [5.74, 6) is 2.05. The number of halogens is 2. The van der Waals surface area contributed by atoms with Crippen LogP contribution in [0.2, 0.25) is 0 Å². The van der Waals surface area contributed by atoms with Crippen LogP contribution < -0.4 is 24.3 Å². The average molecular weight is 1570 g/mol. The maximum absolute atomic E-state index is 12.1.